The molecule has 0 fully saturated rings. The summed E-state index contributed by atoms with van der Waals surface area (Å²) in [6.45, 7) is 3.23. The highest BCUT2D eigenvalue weighted by molar-refractivity contribution is 7.49. The summed E-state index contributed by atoms with van der Waals surface area (Å²) in [4.78, 5) is 12.2. The molecule has 0 atom stereocenters. The number of nitrogens with zero attached hydrogens (tertiary/aromatic N) is 2. The predicted octanol–water partition coefficient (Wildman–Crippen LogP) is 4.67. The van der Waals surface area contributed by atoms with Crippen LogP contribution in [0, 0.1) is 0 Å². The molecule has 0 aromatic heterocycles. The second-order valence-electron chi connectivity index (χ2n) is 6.06. The summed E-state index contributed by atoms with van der Waals surface area (Å²) in [6.07, 6.45) is 0. The minimum Gasteiger partial charge on any atom is -0.484 e. The van der Waals surface area contributed by atoms with Gasteiger partial charge in [-0.15, -0.1) is 10.2 Å². The number of phosphoric acid groups is 1. The van der Waals surface area contributed by atoms with Crippen molar-refractivity contribution in [2.45, 2.75) is 13.8 Å². The van der Waals surface area contributed by atoms with Crippen molar-refractivity contribution in [2.24, 2.45) is 10.2 Å². The first-order valence-electron chi connectivity index (χ1n) is 9.46. The van der Waals surface area contributed by atoms with Crippen LogP contribution in [0.25, 0.3) is 0 Å². The van der Waals surface area contributed by atoms with Crippen molar-refractivity contribution in [3.63, 3.8) is 0 Å². The second kappa shape index (κ2) is 10.5. The van der Waals surface area contributed by atoms with Crippen LogP contribution in [-0.4, -0.2) is 37.3 Å². The summed E-state index contributed by atoms with van der Waals surface area (Å²) in [7, 11) is -3.95. The van der Waals surface area contributed by atoms with Gasteiger partial charge >= 0.3 is 7.82 Å². The van der Waals surface area contributed by atoms with Crippen molar-refractivity contribution >= 4 is 42.6 Å². The van der Waals surface area contributed by atoms with E-state index in [-0.39, 0.29) is 31.4 Å². The molecule has 1 heterocycles. The fourth-order valence-corrected chi connectivity index (χ4v) is 3.88. The SMILES string of the molecule is CCOP(=O)(OCC)O/C(COc1ccc(Cl)cc1)=N/N=C1\C(=O)Nc2ccccc21. The predicted molar refractivity (Wildman–Crippen MR) is 118 cm³/mol. The van der Waals surface area contributed by atoms with Crippen LogP contribution in [0.5, 0.6) is 5.75 Å². The first-order valence-corrected chi connectivity index (χ1v) is 11.3. The van der Waals surface area contributed by atoms with Gasteiger partial charge in [0.25, 0.3) is 11.8 Å². The van der Waals surface area contributed by atoms with Crippen LogP contribution in [0.2, 0.25) is 5.02 Å². The molecule has 9 nitrogen and oxygen atoms in total. The third-order valence-corrected chi connectivity index (χ3v) is 5.71. The van der Waals surface area contributed by atoms with E-state index in [2.05, 4.69) is 15.5 Å². The van der Waals surface area contributed by atoms with Crippen LogP contribution < -0.4 is 10.1 Å². The standard InChI is InChI=1S/C20H21ClN3O6P/c1-3-28-31(26,29-4-2)30-18(13-27-15-11-9-14(21)10-12-15)23-24-19-16-7-5-6-8-17(16)22-20(19)25/h5-12H,3-4,13H2,1-2H3,(H,22,24,25)/b23-18+. The Morgan fingerprint density at radius 2 is 1.74 bits per heavy atom. The van der Waals surface area contributed by atoms with Gasteiger partial charge in [-0.2, -0.15) is 0 Å². The molecule has 1 aliphatic rings. The number of benzene rings is 2. The fourth-order valence-electron chi connectivity index (χ4n) is 2.59. The molecule has 3 rings (SSSR count). The molecule has 1 amide bonds. The molecular weight excluding hydrogens is 445 g/mol. The van der Waals surface area contributed by atoms with Crippen LogP contribution in [0.4, 0.5) is 5.69 Å². The third-order valence-electron chi connectivity index (χ3n) is 3.87. The van der Waals surface area contributed by atoms with Crippen molar-refractivity contribution in [1.82, 2.24) is 0 Å². The zero-order chi connectivity index (χ0) is 22.3. The van der Waals surface area contributed by atoms with Gasteiger partial charge in [-0.1, -0.05) is 29.8 Å². The highest BCUT2D eigenvalue weighted by atomic mass is 35.5. The van der Waals surface area contributed by atoms with Gasteiger partial charge in [0.2, 0.25) is 0 Å². The van der Waals surface area contributed by atoms with Crippen molar-refractivity contribution in [3.8, 4) is 5.75 Å². The summed E-state index contributed by atoms with van der Waals surface area (Å²) in [6, 6.07) is 13.7. The van der Waals surface area contributed by atoms with Crippen LogP contribution in [0.3, 0.4) is 0 Å². The first kappa shape index (κ1) is 23.0. The highest BCUT2D eigenvalue weighted by Crippen LogP contribution is 2.49. The lowest BCUT2D eigenvalue weighted by Crippen LogP contribution is -2.17. The molecule has 0 aliphatic carbocycles. The number of hydrogen-bond acceptors (Lipinski definition) is 8. The summed E-state index contributed by atoms with van der Waals surface area (Å²) in [5.74, 6) is -0.134. The molecule has 0 radical (unpaired) electrons. The zero-order valence-corrected chi connectivity index (χ0v) is 18.6. The number of carbonyl (C=O) groups excluding carboxylic acids is 1. The normalized spacial score (nSPS) is 15.0. The molecule has 0 saturated heterocycles. The molecule has 0 unspecified atom stereocenters. The van der Waals surface area contributed by atoms with E-state index < -0.39 is 13.7 Å². The van der Waals surface area contributed by atoms with Gasteiger partial charge < -0.3 is 14.6 Å². The molecule has 31 heavy (non-hydrogen) atoms. The van der Waals surface area contributed by atoms with Crippen LogP contribution in [0.1, 0.15) is 19.4 Å². The molecule has 0 spiro atoms. The van der Waals surface area contributed by atoms with E-state index in [0.717, 1.165) is 0 Å². The molecule has 11 heteroatoms. The number of fused-ring (bicyclic) bond motifs is 1. The van der Waals surface area contributed by atoms with E-state index in [4.69, 9.17) is 29.9 Å². The maximum Gasteiger partial charge on any atom is 0.531 e. The largest absolute Gasteiger partial charge is 0.531 e. The van der Waals surface area contributed by atoms with Crippen LogP contribution in [-0.2, 0) is 22.9 Å². The zero-order valence-electron chi connectivity index (χ0n) is 16.9. The molecule has 164 valence electrons. The number of anilines is 1. The van der Waals surface area contributed by atoms with Crippen molar-refractivity contribution < 1.29 is 27.7 Å². The van der Waals surface area contributed by atoms with Crippen LogP contribution >= 0.6 is 19.4 Å². The van der Waals surface area contributed by atoms with Crippen LogP contribution in [0.15, 0.2) is 58.7 Å². The molecular formula is C20H21ClN3O6P. The Kier molecular flexibility index (Phi) is 7.81. The molecule has 0 bridgehead atoms. The number of rotatable bonds is 9. The number of amides is 1. The van der Waals surface area contributed by atoms with Crippen molar-refractivity contribution in [3.05, 3.63) is 59.1 Å². The summed E-state index contributed by atoms with van der Waals surface area (Å²) >= 11 is 5.88. The Morgan fingerprint density at radius 3 is 2.42 bits per heavy atom. The molecule has 2 aromatic rings. The summed E-state index contributed by atoms with van der Waals surface area (Å²) < 4.78 is 34.1. The Bertz CT molecular complexity index is 1030. The average Bonchev–Trinajstić information content (AvgIpc) is 3.06. The van der Waals surface area contributed by atoms with Gasteiger partial charge in [-0.3, -0.25) is 13.8 Å². The summed E-state index contributed by atoms with van der Waals surface area (Å²) in [5, 5.41) is 11.2. The maximum absolute atomic E-state index is 12.8. The van der Waals surface area contributed by atoms with Crippen molar-refractivity contribution in [2.75, 3.05) is 25.1 Å². The lowest BCUT2D eigenvalue weighted by molar-refractivity contribution is -0.110. The number of ether oxygens (including phenoxy) is 1. The highest BCUT2D eigenvalue weighted by Gasteiger charge is 2.30. The molecule has 1 N–H and O–H groups in total. The van der Waals surface area contributed by atoms with Gasteiger partial charge in [0, 0.05) is 10.6 Å². The second-order valence-corrected chi connectivity index (χ2v) is 8.09. The van der Waals surface area contributed by atoms with Gasteiger partial charge in [-0.05, 0) is 44.2 Å². The van der Waals surface area contributed by atoms with E-state index in [1.165, 1.54) is 0 Å². The Morgan fingerprint density at radius 1 is 1.06 bits per heavy atom. The number of hydrogen-bond donors (Lipinski definition) is 1. The molecule has 1 aliphatic heterocycles. The Balaban J connectivity index is 1.88. The van der Waals surface area contributed by atoms with E-state index in [9.17, 15) is 9.36 Å². The number of carbonyl (C=O) groups is 1. The lowest BCUT2D eigenvalue weighted by Gasteiger charge is -2.17. The topological polar surface area (TPSA) is 108 Å². The smallest absolute Gasteiger partial charge is 0.484 e. The Hall–Kier alpha value is -2.71. The molecule has 2 aromatic carbocycles. The van der Waals surface area contributed by atoms with Crippen molar-refractivity contribution in [1.29, 1.82) is 0 Å². The first-order chi connectivity index (χ1) is 14.9. The minimum atomic E-state index is -3.95. The van der Waals surface area contributed by atoms with E-state index in [1.54, 1.807) is 62.4 Å². The van der Waals surface area contributed by atoms with Gasteiger partial charge in [0.05, 0.1) is 18.9 Å². The fraction of sp³-hybridized carbons (Fsp3) is 0.250. The minimum absolute atomic E-state index is 0.0887. The van der Waals surface area contributed by atoms with Gasteiger partial charge in [-0.25, -0.2) is 4.57 Å². The summed E-state index contributed by atoms with van der Waals surface area (Å²) in [5.41, 5.74) is 1.30. The number of para-hydroxylation sites is 1. The lowest BCUT2D eigenvalue weighted by atomic mass is 10.1. The number of nitrogens with one attached hydrogen (secondary N) is 1. The third kappa shape index (κ3) is 6.15. The van der Waals surface area contributed by atoms with E-state index in [0.29, 0.717) is 22.0 Å². The number of halogens is 1. The van der Waals surface area contributed by atoms with Gasteiger partial charge in [0.1, 0.15) is 5.75 Å². The van der Waals surface area contributed by atoms with E-state index in [1.807, 2.05) is 0 Å². The Labute approximate surface area is 184 Å². The molecule has 0 saturated carbocycles. The maximum atomic E-state index is 12.8. The monoisotopic (exact) mass is 465 g/mol. The van der Waals surface area contributed by atoms with Gasteiger partial charge in [0.15, 0.2) is 12.3 Å². The average molecular weight is 466 g/mol. The van der Waals surface area contributed by atoms with E-state index >= 15 is 0 Å². The quantitative estimate of drug-likeness (QED) is 0.249. The number of phosphoric ester groups is 1.